The molecule has 0 saturated heterocycles. The highest BCUT2D eigenvalue weighted by molar-refractivity contribution is 5.92. The average molecular weight is 184 g/mol. The molecule has 6 heteroatoms. The quantitative estimate of drug-likeness (QED) is 0.658. The topological polar surface area (TPSA) is 92.3 Å². The number of H-pyrrole nitrogens is 1. The Morgan fingerprint density at radius 2 is 2.38 bits per heavy atom. The van der Waals surface area contributed by atoms with Crippen LogP contribution in [-0.2, 0) is 4.74 Å². The monoisotopic (exact) mass is 184 g/mol. The smallest absolute Gasteiger partial charge is 0.356 e. The number of hydrogen-bond acceptors (Lipinski definition) is 4. The molecule has 0 saturated carbocycles. The van der Waals surface area contributed by atoms with Gasteiger partial charge in [0.25, 0.3) is 0 Å². The van der Waals surface area contributed by atoms with Crippen LogP contribution in [0.25, 0.3) is 0 Å². The molecule has 70 valence electrons. The fourth-order valence-electron chi connectivity index (χ4n) is 0.745. The minimum atomic E-state index is -1.19. The van der Waals surface area contributed by atoms with E-state index in [0.29, 0.717) is 0 Å². The van der Waals surface area contributed by atoms with Gasteiger partial charge < -0.3 is 9.84 Å². The molecule has 1 rings (SSSR count). The Labute approximate surface area is 73.5 Å². The van der Waals surface area contributed by atoms with Crippen molar-refractivity contribution in [2.24, 2.45) is 0 Å². The largest absolute Gasteiger partial charge is 0.476 e. The van der Waals surface area contributed by atoms with Crippen LogP contribution in [0.5, 0.6) is 0 Å². The van der Waals surface area contributed by atoms with Gasteiger partial charge in [0, 0.05) is 6.07 Å². The van der Waals surface area contributed by atoms with Gasteiger partial charge in [-0.15, -0.1) is 0 Å². The number of carbonyl (C=O) groups is 2. The minimum Gasteiger partial charge on any atom is -0.476 e. The molecule has 1 aromatic heterocycles. The van der Waals surface area contributed by atoms with Gasteiger partial charge in [-0.2, -0.15) is 5.10 Å². The molecule has 1 heterocycles. The Morgan fingerprint density at radius 1 is 1.69 bits per heavy atom. The van der Waals surface area contributed by atoms with Gasteiger partial charge in [-0.3, -0.25) is 5.10 Å². The SMILES string of the molecule is CCOC(=O)c1cc(C(=O)O)n[nH]1. The van der Waals surface area contributed by atoms with Gasteiger partial charge in [-0.05, 0) is 6.92 Å². The Hall–Kier alpha value is -1.85. The zero-order valence-electron chi connectivity index (χ0n) is 6.90. The molecule has 0 aromatic carbocycles. The molecule has 0 aliphatic carbocycles. The third kappa shape index (κ3) is 2.05. The maximum atomic E-state index is 11.0. The van der Waals surface area contributed by atoms with Crippen molar-refractivity contribution in [2.45, 2.75) is 6.92 Å². The summed E-state index contributed by atoms with van der Waals surface area (Å²) in [5.41, 5.74) is -0.165. The first-order valence-corrected chi connectivity index (χ1v) is 3.61. The van der Waals surface area contributed by atoms with E-state index in [2.05, 4.69) is 14.9 Å². The first kappa shape index (κ1) is 9.24. The fraction of sp³-hybridized carbons (Fsp3) is 0.286. The summed E-state index contributed by atoms with van der Waals surface area (Å²) in [6, 6.07) is 1.13. The van der Waals surface area contributed by atoms with E-state index in [1.54, 1.807) is 6.92 Å². The van der Waals surface area contributed by atoms with Crippen molar-refractivity contribution in [1.29, 1.82) is 0 Å². The van der Waals surface area contributed by atoms with Crippen LogP contribution in [0.1, 0.15) is 27.9 Å². The number of aromatic carboxylic acids is 1. The van der Waals surface area contributed by atoms with Crippen LogP contribution in [0.4, 0.5) is 0 Å². The highest BCUT2D eigenvalue weighted by Crippen LogP contribution is 2.01. The highest BCUT2D eigenvalue weighted by Gasteiger charge is 2.13. The number of nitrogens with zero attached hydrogens (tertiary/aromatic N) is 1. The van der Waals surface area contributed by atoms with E-state index in [1.165, 1.54) is 0 Å². The highest BCUT2D eigenvalue weighted by atomic mass is 16.5. The standard InChI is InChI=1S/C7H8N2O4/c1-2-13-7(12)5-3-4(6(10)11)8-9-5/h3H,2H2,1H3,(H,8,9)(H,10,11). The first-order valence-electron chi connectivity index (χ1n) is 3.61. The summed E-state index contributed by atoms with van der Waals surface area (Å²) in [5, 5.41) is 14.1. The molecular weight excluding hydrogens is 176 g/mol. The van der Waals surface area contributed by atoms with Gasteiger partial charge >= 0.3 is 11.9 Å². The van der Waals surface area contributed by atoms with Crippen molar-refractivity contribution in [3.05, 3.63) is 17.5 Å². The van der Waals surface area contributed by atoms with Crippen LogP contribution in [0.2, 0.25) is 0 Å². The van der Waals surface area contributed by atoms with E-state index in [9.17, 15) is 9.59 Å². The van der Waals surface area contributed by atoms with Crippen molar-refractivity contribution >= 4 is 11.9 Å². The maximum absolute atomic E-state index is 11.0. The van der Waals surface area contributed by atoms with Crippen LogP contribution in [-0.4, -0.2) is 33.8 Å². The molecule has 0 amide bonds. The van der Waals surface area contributed by atoms with Crippen LogP contribution in [0.15, 0.2) is 6.07 Å². The summed E-state index contributed by atoms with van der Waals surface area (Å²) in [5.74, 6) is -1.80. The lowest BCUT2D eigenvalue weighted by atomic mass is 10.3. The Balaban J connectivity index is 2.79. The van der Waals surface area contributed by atoms with Crippen LogP contribution >= 0.6 is 0 Å². The maximum Gasteiger partial charge on any atom is 0.356 e. The molecule has 0 aliphatic rings. The summed E-state index contributed by atoms with van der Waals surface area (Å²) < 4.78 is 4.62. The lowest BCUT2D eigenvalue weighted by Gasteiger charge is -1.95. The van der Waals surface area contributed by atoms with Gasteiger partial charge in [0.15, 0.2) is 5.69 Å². The molecule has 0 spiro atoms. The number of carboxylic acids is 1. The van der Waals surface area contributed by atoms with E-state index in [0.717, 1.165) is 6.07 Å². The number of esters is 1. The number of aromatic nitrogens is 2. The number of aromatic amines is 1. The second-order valence-corrected chi connectivity index (χ2v) is 2.19. The van der Waals surface area contributed by atoms with Crippen molar-refractivity contribution in [3.8, 4) is 0 Å². The second kappa shape index (κ2) is 3.70. The third-order valence-corrected chi connectivity index (χ3v) is 1.29. The normalized spacial score (nSPS) is 9.62. The molecule has 2 N–H and O–H groups in total. The number of nitrogens with one attached hydrogen (secondary N) is 1. The zero-order chi connectivity index (χ0) is 9.84. The molecule has 0 bridgehead atoms. The molecule has 6 nitrogen and oxygen atoms in total. The van der Waals surface area contributed by atoms with Gasteiger partial charge in [0.05, 0.1) is 6.61 Å². The number of carbonyl (C=O) groups excluding carboxylic acids is 1. The van der Waals surface area contributed by atoms with E-state index in [-0.39, 0.29) is 18.0 Å². The molecule has 0 fully saturated rings. The Morgan fingerprint density at radius 3 is 2.85 bits per heavy atom. The van der Waals surface area contributed by atoms with Crippen LogP contribution < -0.4 is 0 Å². The van der Waals surface area contributed by atoms with E-state index in [4.69, 9.17) is 5.11 Å². The molecule has 0 unspecified atom stereocenters. The number of rotatable bonds is 3. The van der Waals surface area contributed by atoms with Crippen molar-refractivity contribution in [3.63, 3.8) is 0 Å². The average Bonchev–Trinajstić information content (AvgIpc) is 2.52. The number of carboxylic acid groups (broad SMARTS) is 1. The molecule has 1 aromatic rings. The Kier molecular flexibility index (Phi) is 2.63. The van der Waals surface area contributed by atoms with Crippen LogP contribution in [0, 0.1) is 0 Å². The molecule has 0 atom stereocenters. The van der Waals surface area contributed by atoms with Gasteiger partial charge in [0.1, 0.15) is 5.69 Å². The lowest BCUT2D eigenvalue weighted by Crippen LogP contribution is -2.04. The number of ether oxygens (including phenoxy) is 1. The predicted molar refractivity (Wildman–Crippen MR) is 41.5 cm³/mol. The van der Waals surface area contributed by atoms with E-state index >= 15 is 0 Å². The number of hydrogen-bond donors (Lipinski definition) is 2. The Bertz CT molecular complexity index is 331. The van der Waals surface area contributed by atoms with Crippen molar-refractivity contribution in [2.75, 3.05) is 6.61 Å². The second-order valence-electron chi connectivity index (χ2n) is 2.19. The summed E-state index contributed by atoms with van der Waals surface area (Å²) in [7, 11) is 0. The zero-order valence-corrected chi connectivity index (χ0v) is 6.90. The van der Waals surface area contributed by atoms with Gasteiger partial charge in [-0.1, -0.05) is 0 Å². The molecule has 13 heavy (non-hydrogen) atoms. The molecular formula is C7H8N2O4. The third-order valence-electron chi connectivity index (χ3n) is 1.29. The molecule has 0 radical (unpaired) electrons. The van der Waals surface area contributed by atoms with Gasteiger partial charge in [-0.25, -0.2) is 9.59 Å². The van der Waals surface area contributed by atoms with Crippen molar-refractivity contribution in [1.82, 2.24) is 10.2 Å². The van der Waals surface area contributed by atoms with Crippen molar-refractivity contribution < 1.29 is 19.4 Å². The van der Waals surface area contributed by atoms with E-state index < -0.39 is 11.9 Å². The summed E-state index contributed by atoms with van der Waals surface area (Å²) >= 11 is 0. The summed E-state index contributed by atoms with van der Waals surface area (Å²) in [6.45, 7) is 1.90. The van der Waals surface area contributed by atoms with E-state index in [1.807, 2.05) is 0 Å². The first-order chi connectivity index (χ1) is 6.15. The predicted octanol–water partition coefficient (Wildman–Crippen LogP) is 0.285. The summed E-state index contributed by atoms with van der Waals surface area (Å²) in [4.78, 5) is 21.4. The minimum absolute atomic E-state index is 0.0410. The lowest BCUT2D eigenvalue weighted by molar-refractivity contribution is 0.0519. The van der Waals surface area contributed by atoms with Crippen LogP contribution in [0.3, 0.4) is 0 Å². The molecule has 0 aliphatic heterocycles. The summed E-state index contributed by atoms with van der Waals surface area (Å²) in [6.07, 6.45) is 0. The fourth-order valence-corrected chi connectivity index (χ4v) is 0.745. The van der Waals surface area contributed by atoms with Gasteiger partial charge in [0.2, 0.25) is 0 Å².